The van der Waals surface area contributed by atoms with E-state index in [4.69, 9.17) is 0 Å². The van der Waals surface area contributed by atoms with Crippen molar-refractivity contribution in [2.24, 2.45) is 5.41 Å². The monoisotopic (exact) mass is 168 g/mol. The molecule has 0 aromatic rings. The van der Waals surface area contributed by atoms with Crippen molar-refractivity contribution in [3.63, 3.8) is 0 Å². The average Bonchev–Trinajstić information content (AvgIpc) is 1.85. The number of allylic oxidation sites excluding steroid dienone is 2. The standard InChI is InChI=1S/C12H24/c1-7-11(10(2)3)8-9-12(4,5)6/h7-9H2,1-6H3. The van der Waals surface area contributed by atoms with Gasteiger partial charge in [0.2, 0.25) is 0 Å². The molecule has 72 valence electrons. The lowest BCUT2D eigenvalue weighted by molar-refractivity contribution is 0.375. The van der Waals surface area contributed by atoms with Gasteiger partial charge in [-0.1, -0.05) is 38.8 Å². The summed E-state index contributed by atoms with van der Waals surface area (Å²) in [7, 11) is 0. The highest BCUT2D eigenvalue weighted by atomic mass is 14.2. The number of hydrogen-bond donors (Lipinski definition) is 0. The molecule has 0 fully saturated rings. The lowest BCUT2D eigenvalue weighted by Gasteiger charge is -2.19. The molecular weight excluding hydrogens is 144 g/mol. The van der Waals surface area contributed by atoms with Crippen molar-refractivity contribution in [3.8, 4) is 0 Å². The second-order valence-corrected chi connectivity index (χ2v) is 5.02. The molecule has 0 unspecified atom stereocenters. The van der Waals surface area contributed by atoms with Gasteiger partial charge in [0.25, 0.3) is 0 Å². The first-order valence-corrected chi connectivity index (χ1v) is 5.02. The Bertz CT molecular complexity index is 151. The smallest absolute Gasteiger partial charge is 0.0313 e. The molecule has 0 rings (SSSR count). The van der Waals surface area contributed by atoms with Crippen LogP contribution < -0.4 is 0 Å². The maximum Gasteiger partial charge on any atom is -0.0313 e. The highest BCUT2D eigenvalue weighted by Gasteiger charge is 2.10. The molecule has 0 nitrogen and oxygen atoms in total. The van der Waals surface area contributed by atoms with Crippen LogP contribution in [0.25, 0.3) is 0 Å². The van der Waals surface area contributed by atoms with Gasteiger partial charge in [-0.3, -0.25) is 0 Å². The molecule has 0 saturated carbocycles. The third-order valence-electron chi connectivity index (χ3n) is 2.31. The van der Waals surface area contributed by atoms with Gasteiger partial charge < -0.3 is 0 Å². The van der Waals surface area contributed by atoms with Crippen LogP contribution in [-0.4, -0.2) is 0 Å². The van der Waals surface area contributed by atoms with E-state index in [-0.39, 0.29) is 0 Å². The third-order valence-corrected chi connectivity index (χ3v) is 2.31. The van der Waals surface area contributed by atoms with Gasteiger partial charge in [0.1, 0.15) is 0 Å². The summed E-state index contributed by atoms with van der Waals surface area (Å²) in [4.78, 5) is 0. The Labute approximate surface area is 78.1 Å². The molecule has 0 aromatic heterocycles. The quantitative estimate of drug-likeness (QED) is 0.542. The van der Waals surface area contributed by atoms with Gasteiger partial charge in [0.05, 0.1) is 0 Å². The van der Waals surface area contributed by atoms with Crippen molar-refractivity contribution >= 4 is 0 Å². The predicted molar refractivity (Wildman–Crippen MR) is 57.4 cm³/mol. The fourth-order valence-corrected chi connectivity index (χ4v) is 1.31. The highest BCUT2D eigenvalue weighted by molar-refractivity contribution is 5.09. The second kappa shape index (κ2) is 4.69. The van der Waals surface area contributed by atoms with Crippen LogP contribution in [0.15, 0.2) is 11.1 Å². The minimum atomic E-state index is 0.482. The largest absolute Gasteiger partial charge is 0.0772 e. The Hall–Kier alpha value is -0.260. The summed E-state index contributed by atoms with van der Waals surface area (Å²) in [6, 6.07) is 0. The van der Waals surface area contributed by atoms with Crippen LogP contribution in [0.2, 0.25) is 0 Å². The molecule has 0 radical (unpaired) electrons. The Kier molecular flexibility index (Phi) is 4.59. The summed E-state index contributed by atoms with van der Waals surface area (Å²) in [6.07, 6.45) is 3.81. The van der Waals surface area contributed by atoms with E-state index in [0.717, 1.165) is 0 Å². The molecule has 0 saturated heterocycles. The van der Waals surface area contributed by atoms with E-state index in [1.807, 2.05) is 0 Å². The van der Waals surface area contributed by atoms with E-state index in [0.29, 0.717) is 5.41 Å². The van der Waals surface area contributed by atoms with Crippen molar-refractivity contribution in [3.05, 3.63) is 11.1 Å². The summed E-state index contributed by atoms with van der Waals surface area (Å²) < 4.78 is 0. The van der Waals surface area contributed by atoms with Crippen molar-refractivity contribution in [1.82, 2.24) is 0 Å². The summed E-state index contributed by atoms with van der Waals surface area (Å²) in [5.41, 5.74) is 3.64. The van der Waals surface area contributed by atoms with Gasteiger partial charge in [-0.15, -0.1) is 0 Å². The van der Waals surface area contributed by atoms with Gasteiger partial charge >= 0.3 is 0 Å². The summed E-state index contributed by atoms with van der Waals surface area (Å²) in [5.74, 6) is 0. The van der Waals surface area contributed by atoms with Crippen LogP contribution in [0.4, 0.5) is 0 Å². The summed E-state index contributed by atoms with van der Waals surface area (Å²) in [5, 5.41) is 0. The van der Waals surface area contributed by atoms with Gasteiger partial charge in [-0.2, -0.15) is 0 Å². The summed E-state index contributed by atoms with van der Waals surface area (Å²) >= 11 is 0. The summed E-state index contributed by atoms with van der Waals surface area (Å²) in [6.45, 7) is 13.6. The van der Waals surface area contributed by atoms with Crippen LogP contribution in [0.1, 0.15) is 60.8 Å². The van der Waals surface area contributed by atoms with Crippen molar-refractivity contribution in [2.75, 3.05) is 0 Å². The molecule has 0 spiro atoms. The fraction of sp³-hybridized carbons (Fsp3) is 0.833. The fourth-order valence-electron chi connectivity index (χ4n) is 1.31. The van der Waals surface area contributed by atoms with Crippen LogP contribution in [0, 0.1) is 5.41 Å². The van der Waals surface area contributed by atoms with Crippen LogP contribution >= 0.6 is 0 Å². The molecule has 0 aromatic carbocycles. The average molecular weight is 168 g/mol. The SMILES string of the molecule is CCC(CCC(C)(C)C)=C(C)C. The van der Waals surface area contributed by atoms with Crippen molar-refractivity contribution in [1.29, 1.82) is 0 Å². The lowest BCUT2D eigenvalue weighted by atomic mass is 9.87. The molecule has 0 atom stereocenters. The first kappa shape index (κ1) is 11.7. The Balaban J connectivity index is 4.00. The van der Waals surface area contributed by atoms with E-state index < -0.39 is 0 Å². The molecular formula is C12H24. The van der Waals surface area contributed by atoms with Gasteiger partial charge in [0, 0.05) is 0 Å². The Morgan fingerprint density at radius 3 is 1.83 bits per heavy atom. The Morgan fingerprint density at radius 1 is 1.08 bits per heavy atom. The minimum Gasteiger partial charge on any atom is -0.0772 e. The zero-order valence-electron chi connectivity index (χ0n) is 9.62. The first-order valence-electron chi connectivity index (χ1n) is 5.02. The molecule has 0 aliphatic rings. The van der Waals surface area contributed by atoms with Gasteiger partial charge in [0.15, 0.2) is 0 Å². The van der Waals surface area contributed by atoms with E-state index in [2.05, 4.69) is 41.5 Å². The molecule has 0 heteroatoms. The molecule has 0 heterocycles. The normalized spacial score (nSPS) is 11.5. The van der Waals surface area contributed by atoms with Crippen molar-refractivity contribution in [2.45, 2.75) is 60.8 Å². The molecule has 0 N–H and O–H groups in total. The topological polar surface area (TPSA) is 0 Å². The molecule has 12 heavy (non-hydrogen) atoms. The minimum absolute atomic E-state index is 0.482. The molecule has 0 amide bonds. The van der Waals surface area contributed by atoms with E-state index >= 15 is 0 Å². The van der Waals surface area contributed by atoms with Crippen LogP contribution in [-0.2, 0) is 0 Å². The van der Waals surface area contributed by atoms with Crippen LogP contribution in [0.5, 0.6) is 0 Å². The second-order valence-electron chi connectivity index (χ2n) is 5.02. The van der Waals surface area contributed by atoms with E-state index in [1.54, 1.807) is 5.57 Å². The van der Waals surface area contributed by atoms with E-state index in [1.165, 1.54) is 24.8 Å². The van der Waals surface area contributed by atoms with Crippen LogP contribution in [0.3, 0.4) is 0 Å². The lowest BCUT2D eigenvalue weighted by Crippen LogP contribution is -2.05. The highest BCUT2D eigenvalue weighted by Crippen LogP contribution is 2.25. The zero-order valence-corrected chi connectivity index (χ0v) is 9.62. The van der Waals surface area contributed by atoms with Gasteiger partial charge in [-0.05, 0) is 38.5 Å². The number of hydrogen-bond acceptors (Lipinski definition) is 0. The molecule has 0 aliphatic heterocycles. The molecule has 0 bridgehead atoms. The maximum absolute atomic E-state index is 2.31. The van der Waals surface area contributed by atoms with Gasteiger partial charge in [-0.25, -0.2) is 0 Å². The zero-order chi connectivity index (χ0) is 9.78. The van der Waals surface area contributed by atoms with E-state index in [9.17, 15) is 0 Å². The predicted octanol–water partition coefficient (Wildman–Crippen LogP) is 4.56. The first-order chi connectivity index (χ1) is 5.37. The Morgan fingerprint density at radius 2 is 1.58 bits per heavy atom. The molecule has 0 aliphatic carbocycles. The third kappa shape index (κ3) is 5.40. The number of rotatable bonds is 3. The maximum atomic E-state index is 2.31. The van der Waals surface area contributed by atoms with Crippen molar-refractivity contribution < 1.29 is 0 Å².